The third-order valence-corrected chi connectivity index (χ3v) is 3.66. The van der Waals surface area contributed by atoms with Crippen LogP contribution in [0.25, 0.3) is 0 Å². The van der Waals surface area contributed by atoms with E-state index < -0.39 is 11.8 Å². The molecule has 0 aromatic carbocycles. The van der Waals surface area contributed by atoms with Gasteiger partial charge in [0.25, 0.3) is 0 Å². The molecule has 2 amide bonds. The Morgan fingerprint density at radius 3 is 2.25 bits per heavy atom. The van der Waals surface area contributed by atoms with Gasteiger partial charge in [-0.15, -0.1) is 0 Å². The number of likely N-dealkylation sites (N-methyl/N-ethyl adjacent to an activating group) is 1. The van der Waals surface area contributed by atoms with Crippen molar-refractivity contribution in [1.82, 2.24) is 4.90 Å². The van der Waals surface area contributed by atoms with Gasteiger partial charge in [-0.3, -0.25) is 9.59 Å². The molecule has 6 nitrogen and oxygen atoms in total. The Morgan fingerprint density at radius 2 is 1.62 bits per heavy atom. The predicted octanol–water partition coefficient (Wildman–Crippen LogP) is 2.54. The van der Waals surface area contributed by atoms with Crippen LogP contribution in [0.1, 0.15) is 57.8 Å². The lowest BCUT2D eigenvalue weighted by molar-refractivity contribution is -0.143. The topological polar surface area (TPSA) is 96.4 Å². The van der Waals surface area contributed by atoms with Crippen molar-refractivity contribution < 1.29 is 14.3 Å². The molecular weight excluding hydrogens is 306 g/mol. The Morgan fingerprint density at radius 1 is 1.04 bits per heavy atom. The standard InChI is InChI=1S/C18H31N3O3/c1-21(18(23)17(20)22)14-11-9-7-5-3-2-4-6-8-10-12-15-24-16-13-19/h3,5H,2,4,6-12,14-16H2,1H3,(H2,20,22)/b5-3-. The summed E-state index contributed by atoms with van der Waals surface area (Å²) >= 11 is 0. The highest BCUT2D eigenvalue weighted by Gasteiger charge is 2.13. The monoisotopic (exact) mass is 337 g/mol. The van der Waals surface area contributed by atoms with Crippen molar-refractivity contribution in [1.29, 1.82) is 5.26 Å². The molecule has 0 fully saturated rings. The minimum Gasteiger partial charge on any atom is -0.367 e. The molecule has 0 aromatic heterocycles. The molecule has 0 aromatic rings. The number of carbonyl (C=O) groups excluding carboxylic acids is 2. The molecule has 0 bridgehead atoms. The number of nitriles is 1. The van der Waals surface area contributed by atoms with E-state index in [1.165, 1.54) is 24.2 Å². The first-order valence-electron chi connectivity index (χ1n) is 8.74. The highest BCUT2D eigenvalue weighted by atomic mass is 16.5. The van der Waals surface area contributed by atoms with Crippen molar-refractivity contribution in [3.63, 3.8) is 0 Å². The van der Waals surface area contributed by atoms with Crippen LogP contribution in [0.5, 0.6) is 0 Å². The van der Waals surface area contributed by atoms with E-state index in [4.69, 9.17) is 15.7 Å². The first-order chi connectivity index (χ1) is 11.6. The van der Waals surface area contributed by atoms with E-state index in [0.29, 0.717) is 13.2 Å². The number of nitrogens with two attached hydrogens (primary N) is 1. The lowest BCUT2D eigenvalue weighted by atomic mass is 10.1. The molecule has 0 aliphatic carbocycles. The third kappa shape index (κ3) is 13.8. The number of hydrogen-bond donors (Lipinski definition) is 1. The summed E-state index contributed by atoms with van der Waals surface area (Å²) in [5.41, 5.74) is 4.93. The zero-order valence-electron chi connectivity index (χ0n) is 14.8. The molecule has 0 saturated heterocycles. The van der Waals surface area contributed by atoms with Gasteiger partial charge >= 0.3 is 11.8 Å². The van der Waals surface area contributed by atoms with E-state index in [1.807, 2.05) is 6.07 Å². The second-order valence-corrected chi connectivity index (χ2v) is 5.83. The number of unbranched alkanes of at least 4 members (excludes halogenated alkanes) is 7. The van der Waals surface area contributed by atoms with Crippen LogP contribution >= 0.6 is 0 Å². The molecule has 24 heavy (non-hydrogen) atoms. The van der Waals surface area contributed by atoms with Crippen LogP contribution in [0.15, 0.2) is 12.2 Å². The van der Waals surface area contributed by atoms with Crippen LogP contribution in [0.3, 0.4) is 0 Å². The normalized spacial score (nSPS) is 10.7. The fraction of sp³-hybridized carbons (Fsp3) is 0.722. The fourth-order valence-corrected chi connectivity index (χ4v) is 2.25. The largest absolute Gasteiger partial charge is 0.367 e. The van der Waals surface area contributed by atoms with Crippen LogP contribution in [0, 0.1) is 11.3 Å². The smallest absolute Gasteiger partial charge is 0.311 e. The highest BCUT2D eigenvalue weighted by molar-refractivity contribution is 6.34. The van der Waals surface area contributed by atoms with Gasteiger partial charge in [-0.25, -0.2) is 0 Å². The Bertz CT molecular complexity index is 416. The van der Waals surface area contributed by atoms with E-state index in [1.54, 1.807) is 7.05 Å². The average molecular weight is 337 g/mol. The molecule has 0 atom stereocenters. The molecule has 0 heterocycles. The molecule has 136 valence electrons. The molecule has 0 spiro atoms. The quantitative estimate of drug-likeness (QED) is 0.299. The Labute approximate surface area is 145 Å². The van der Waals surface area contributed by atoms with Crippen molar-refractivity contribution in [3.05, 3.63) is 12.2 Å². The molecule has 0 rings (SSSR count). The fourth-order valence-electron chi connectivity index (χ4n) is 2.25. The van der Waals surface area contributed by atoms with Gasteiger partial charge in [0, 0.05) is 20.2 Å². The molecule has 0 saturated carbocycles. The van der Waals surface area contributed by atoms with E-state index in [2.05, 4.69) is 12.2 Å². The van der Waals surface area contributed by atoms with Crippen LogP contribution < -0.4 is 5.73 Å². The van der Waals surface area contributed by atoms with Gasteiger partial charge in [0.2, 0.25) is 0 Å². The molecule has 0 unspecified atom stereocenters. The maximum atomic E-state index is 11.2. The summed E-state index contributed by atoms with van der Waals surface area (Å²) in [5, 5.41) is 8.31. The second-order valence-electron chi connectivity index (χ2n) is 5.83. The molecule has 0 aliphatic rings. The van der Waals surface area contributed by atoms with Crippen LogP contribution in [-0.2, 0) is 14.3 Å². The number of ether oxygens (including phenoxy) is 1. The number of allylic oxidation sites excluding steroid dienone is 2. The number of carbonyl (C=O) groups is 2. The van der Waals surface area contributed by atoms with Crippen molar-refractivity contribution in [2.45, 2.75) is 57.8 Å². The van der Waals surface area contributed by atoms with Gasteiger partial charge in [-0.05, 0) is 38.5 Å². The maximum absolute atomic E-state index is 11.2. The molecule has 0 radical (unpaired) electrons. The van der Waals surface area contributed by atoms with E-state index in [-0.39, 0.29) is 6.61 Å². The Balaban J connectivity index is 3.32. The zero-order chi connectivity index (χ0) is 18.0. The second kappa shape index (κ2) is 16.0. The lowest BCUT2D eigenvalue weighted by Gasteiger charge is -2.14. The minimum absolute atomic E-state index is 0.197. The number of primary amides is 1. The predicted molar refractivity (Wildman–Crippen MR) is 94.0 cm³/mol. The van der Waals surface area contributed by atoms with Crippen LogP contribution in [-0.4, -0.2) is 43.5 Å². The summed E-state index contributed by atoms with van der Waals surface area (Å²) in [6.07, 6.45) is 14.2. The number of rotatable bonds is 14. The summed E-state index contributed by atoms with van der Waals surface area (Å²) in [5.74, 6) is -1.52. The maximum Gasteiger partial charge on any atom is 0.311 e. The van der Waals surface area contributed by atoms with Gasteiger partial charge < -0.3 is 15.4 Å². The van der Waals surface area contributed by atoms with Crippen molar-refractivity contribution in [3.8, 4) is 6.07 Å². The van der Waals surface area contributed by atoms with Crippen molar-refractivity contribution >= 4 is 11.8 Å². The van der Waals surface area contributed by atoms with Gasteiger partial charge in [-0.2, -0.15) is 5.26 Å². The summed E-state index contributed by atoms with van der Waals surface area (Å²) < 4.78 is 5.10. The van der Waals surface area contributed by atoms with Gasteiger partial charge in [-0.1, -0.05) is 31.4 Å². The Hall–Kier alpha value is -1.87. The Kier molecular flexibility index (Phi) is 14.8. The highest BCUT2D eigenvalue weighted by Crippen LogP contribution is 2.07. The van der Waals surface area contributed by atoms with Gasteiger partial charge in [0.05, 0.1) is 6.07 Å². The molecule has 2 N–H and O–H groups in total. The zero-order valence-corrected chi connectivity index (χ0v) is 14.8. The minimum atomic E-state index is -0.896. The van der Waals surface area contributed by atoms with Crippen molar-refractivity contribution in [2.24, 2.45) is 5.73 Å². The number of nitrogens with zero attached hydrogens (tertiary/aromatic N) is 2. The summed E-state index contributed by atoms with van der Waals surface area (Å²) in [6.45, 7) is 1.45. The van der Waals surface area contributed by atoms with Crippen molar-refractivity contribution in [2.75, 3.05) is 26.8 Å². The molecular formula is C18H31N3O3. The summed E-state index contributed by atoms with van der Waals surface area (Å²) in [7, 11) is 1.60. The molecule has 0 aliphatic heterocycles. The van der Waals surface area contributed by atoms with E-state index in [9.17, 15) is 9.59 Å². The average Bonchev–Trinajstić information content (AvgIpc) is 2.57. The van der Waals surface area contributed by atoms with E-state index in [0.717, 1.165) is 38.5 Å². The van der Waals surface area contributed by atoms with Gasteiger partial charge in [0.1, 0.15) is 6.61 Å². The lowest BCUT2D eigenvalue weighted by Crippen LogP contribution is -2.38. The first kappa shape index (κ1) is 22.1. The summed E-state index contributed by atoms with van der Waals surface area (Å²) in [6, 6.07) is 1.96. The van der Waals surface area contributed by atoms with Crippen LogP contribution in [0.2, 0.25) is 0 Å². The van der Waals surface area contributed by atoms with Gasteiger partial charge in [0.15, 0.2) is 0 Å². The molecule has 6 heteroatoms. The summed E-state index contributed by atoms with van der Waals surface area (Å²) in [4.78, 5) is 23.3. The van der Waals surface area contributed by atoms with Crippen LogP contribution in [0.4, 0.5) is 0 Å². The first-order valence-corrected chi connectivity index (χ1v) is 8.74. The third-order valence-electron chi connectivity index (χ3n) is 3.66. The number of hydrogen-bond acceptors (Lipinski definition) is 4. The van der Waals surface area contributed by atoms with E-state index >= 15 is 0 Å². The SMILES string of the molecule is CN(CCCC/C=C\CCCCCCCOCC#N)C(=O)C(N)=O. The number of amides is 2.